The summed E-state index contributed by atoms with van der Waals surface area (Å²) < 4.78 is 2.03. The molecule has 12 heavy (non-hydrogen) atoms. The zero-order chi connectivity index (χ0) is 8.97. The largest absolute Gasteiger partial charge is 0.326 e. The number of nitrogens with zero attached hydrogens (tertiary/aromatic N) is 2. The fourth-order valence-electron chi connectivity index (χ4n) is 1.22. The van der Waals surface area contributed by atoms with Gasteiger partial charge in [0.2, 0.25) is 0 Å². The summed E-state index contributed by atoms with van der Waals surface area (Å²) >= 11 is 0. The molecule has 2 N–H and O–H groups in total. The fraction of sp³-hybridized carbons (Fsp3) is 0.667. The maximum atomic E-state index is 5.54. The van der Waals surface area contributed by atoms with Gasteiger partial charge in [0.15, 0.2) is 0 Å². The minimum Gasteiger partial charge on any atom is -0.326 e. The molecule has 0 amide bonds. The molecule has 0 radical (unpaired) electrons. The molecule has 3 nitrogen and oxygen atoms in total. The van der Waals surface area contributed by atoms with Crippen LogP contribution in [0.1, 0.15) is 31.0 Å². The lowest BCUT2D eigenvalue weighted by atomic mass is 10.2. The van der Waals surface area contributed by atoms with Gasteiger partial charge < -0.3 is 5.73 Å². The van der Waals surface area contributed by atoms with E-state index in [4.69, 9.17) is 5.73 Å². The van der Waals surface area contributed by atoms with E-state index >= 15 is 0 Å². The van der Waals surface area contributed by atoms with E-state index in [1.807, 2.05) is 10.9 Å². The lowest BCUT2D eigenvalue weighted by Gasteiger charge is -2.02. The van der Waals surface area contributed by atoms with Crippen LogP contribution in [-0.4, -0.2) is 9.78 Å². The predicted octanol–water partition coefficient (Wildman–Crippen LogP) is 1.45. The van der Waals surface area contributed by atoms with Gasteiger partial charge >= 0.3 is 0 Å². The molecular weight excluding hydrogens is 150 g/mol. The Balaban J connectivity index is 2.66. The van der Waals surface area contributed by atoms with E-state index in [1.54, 1.807) is 0 Å². The molecule has 0 aliphatic heterocycles. The van der Waals surface area contributed by atoms with Crippen LogP contribution in [-0.2, 0) is 13.1 Å². The Morgan fingerprint density at radius 2 is 2.33 bits per heavy atom. The average molecular weight is 167 g/mol. The molecule has 1 rings (SSSR count). The zero-order valence-electron chi connectivity index (χ0n) is 7.88. The van der Waals surface area contributed by atoms with E-state index in [2.05, 4.69) is 18.9 Å². The van der Waals surface area contributed by atoms with Gasteiger partial charge in [-0.15, -0.1) is 0 Å². The predicted molar refractivity (Wildman–Crippen MR) is 49.8 cm³/mol. The minimum absolute atomic E-state index is 0.595. The maximum Gasteiger partial charge on any atom is 0.0537 e. The minimum atomic E-state index is 0.595. The Morgan fingerprint density at radius 3 is 2.83 bits per heavy atom. The van der Waals surface area contributed by atoms with Crippen molar-refractivity contribution in [3.8, 4) is 0 Å². The van der Waals surface area contributed by atoms with Gasteiger partial charge in [0.1, 0.15) is 0 Å². The molecule has 0 spiro atoms. The highest BCUT2D eigenvalue weighted by Crippen LogP contribution is 2.06. The van der Waals surface area contributed by atoms with Crippen LogP contribution in [0.15, 0.2) is 6.20 Å². The second-order valence-corrected chi connectivity index (χ2v) is 3.04. The molecular formula is C9H17N3. The summed E-state index contributed by atoms with van der Waals surface area (Å²) in [5.41, 5.74) is 7.91. The van der Waals surface area contributed by atoms with Crippen LogP contribution in [0.3, 0.4) is 0 Å². The first-order chi connectivity index (χ1) is 5.79. The van der Waals surface area contributed by atoms with Crippen molar-refractivity contribution >= 4 is 0 Å². The molecule has 1 aromatic rings. The third kappa shape index (κ3) is 1.85. The molecule has 0 unspecified atom stereocenters. The highest BCUT2D eigenvalue weighted by Gasteiger charge is 2.02. The summed E-state index contributed by atoms with van der Waals surface area (Å²) in [5.74, 6) is 0. The number of nitrogens with two attached hydrogens (primary N) is 1. The van der Waals surface area contributed by atoms with E-state index < -0.39 is 0 Å². The van der Waals surface area contributed by atoms with Crippen LogP contribution in [0.2, 0.25) is 0 Å². The quantitative estimate of drug-likeness (QED) is 0.737. The third-order valence-electron chi connectivity index (χ3n) is 2.15. The van der Waals surface area contributed by atoms with E-state index in [0.717, 1.165) is 12.1 Å². The smallest absolute Gasteiger partial charge is 0.0537 e. The van der Waals surface area contributed by atoms with Gasteiger partial charge in [-0.3, -0.25) is 4.68 Å². The van der Waals surface area contributed by atoms with Crippen LogP contribution < -0.4 is 5.73 Å². The Bertz CT molecular complexity index is 240. The Labute approximate surface area is 73.6 Å². The van der Waals surface area contributed by atoms with Gasteiger partial charge in [-0.05, 0) is 13.3 Å². The first kappa shape index (κ1) is 9.26. The summed E-state index contributed by atoms with van der Waals surface area (Å²) in [7, 11) is 0. The van der Waals surface area contributed by atoms with Crippen LogP contribution in [0.5, 0.6) is 0 Å². The molecule has 3 heteroatoms. The fourth-order valence-corrected chi connectivity index (χ4v) is 1.22. The second kappa shape index (κ2) is 4.26. The summed E-state index contributed by atoms with van der Waals surface area (Å²) in [6.45, 7) is 5.87. The van der Waals surface area contributed by atoms with Crippen LogP contribution >= 0.6 is 0 Å². The maximum absolute atomic E-state index is 5.54. The van der Waals surface area contributed by atoms with Crippen molar-refractivity contribution in [3.63, 3.8) is 0 Å². The molecule has 68 valence electrons. The van der Waals surface area contributed by atoms with Crippen LogP contribution in [0, 0.1) is 6.92 Å². The topological polar surface area (TPSA) is 43.8 Å². The third-order valence-corrected chi connectivity index (χ3v) is 2.15. The number of aryl methyl sites for hydroxylation is 1. The molecule has 0 aliphatic rings. The molecule has 0 saturated heterocycles. The van der Waals surface area contributed by atoms with E-state index in [0.29, 0.717) is 6.54 Å². The molecule has 1 aromatic heterocycles. The number of hydrogen-bond acceptors (Lipinski definition) is 2. The summed E-state index contributed by atoms with van der Waals surface area (Å²) in [6, 6.07) is 0. The van der Waals surface area contributed by atoms with Crippen molar-refractivity contribution < 1.29 is 0 Å². The monoisotopic (exact) mass is 167 g/mol. The number of aromatic nitrogens is 2. The molecule has 0 atom stereocenters. The van der Waals surface area contributed by atoms with Crippen molar-refractivity contribution in [2.75, 3.05) is 0 Å². The molecule has 0 aliphatic carbocycles. The molecule has 0 fully saturated rings. The van der Waals surface area contributed by atoms with Crippen molar-refractivity contribution in [2.45, 2.75) is 39.8 Å². The normalized spacial score (nSPS) is 10.6. The summed E-state index contributed by atoms with van der Waals surface area (Å²) in [6.07, 6.45) is 4.26. The lowest BCUT2D eigenvalue weighted by Crippen LogP contribution is -2.04. The number of hydrogen-bond donors (Lipinski definition) is 1. The molecule has 0 saturated carbocycles. The Kier molecular flexibility index (Phi) is 3.29. The van der Waals surface area contributed by atoms with Gasteiger partial charge in [-0.1, -0.05) is 13.3 Å². The van der Waals surface area contributed by atoms with Gasteiger partial charge in [-0.2, -0.15) is 5.10 Å². The van der Waals surface area contributed by atoms with Gasteiger partial charge in [-0.25, -0.2) is 0 Å². The SMILES string of the molecule is CCCCn1ncc(CN)c1C. The Hall–Kier alpha value is -0.830. The van der Waals surface area contributed by atoms with Crippen molar-refractivity contribution in [1.29, 1.82) is 0 Å². The highest BCUT2D eigenvalue weighted by molar-refractivity contribution is 5.15. The van der Waals surface area contributed by atoms with Crippen LogP contribution in [0.4, 0.5) is 0 Å². The van der Waals surface area contributed by atoms with E-state index in [9.17, 15) is 0 Å². The first-order valence-electron chi connectivity index (χ1n) is 4.51. The van der Waals surface area contributed by atoms with Crippen molar-refractivity contribution in [3.05, 3.63) is 17.5 Å². The lowest BCUT2D eigenvalue weighted by molar-refractivity contribution is 0.558. The van der Waals surface area contributed by atoms with Crippen molar-refractivity contribution in [1.82, 2.24) is 9.78 Å². The molecule has 1 heterocycles. The van der Waals surface area contributed by atoms with Gasteiger partial charge in [0.25, 0.3) is 0 Å². The summed E-state index contributed by atoms with van der Waals surface area (Å²) in [5, 5.41) is 4.26. The molecule has 0 bridgehead atoms. The van der Waals surface area contributed by atoms with Gasteiger partial charge in [0, 0.05) is 24.3 Å². The first-order valence-corrected chi connectivity index (χ1v) is 4.51. The molecule has 0 aromatic carbocycles. The number of unbranched alkanes of at least 4 members (excludes halogenated alkanes) is 1. The standard InChI is InChI=1S/C9H17N3/c1-3-4-5-12-8(2)9(6-10)7-11-12/h7H,3-6,10H2,1-2H3. The van der Waals surface area contributed by atoms with Crippen LogP contribution in [0.25, 0.3) is 0 Å². The van der Waals surface area contributed by atoms with E-state index in [-0.39, 0.29) is 0 Å². The van der Waals surface area contributed by atoms with Gasteiger partial charge in [0.05, 0.1) is 6.20 Å². The van der Waals surface area contributed by atoms with Crippen molar-refractivity contribution in [2.24, 2.45) is 5.73 Å². The van der Waals surface area contributed by atoms with E-state index in [1.165, 1.54) is 18.5 Å². The summed E-state index contributed by atoms with van der Waals surface area (Å²) in [4.78, 5) is 0. The average Bonchev–Trinajstić information content (AvgIpc) is 2.43. The second-order valence-electron chi connectivity index (χ2n) is 3.04. The highest BCUT2D eigenvalue weighted by atomic mass is 15.3. The number of rotatable bonds is 4. The zero-order valence-corrected chi connectivity index (χ0v) is 7.88. The Morgan fingerprint density at radius 1 is 1.58 bits per heavy atom.